The summed E-state index contributed by atoms with van der Waals surface area (Å²) in [5, 5.41) is 7.42. The Bertz CT molecular complexity index is 891. The Balaban J connectivity index is 1.72. The van der Waals surface area contributed by atoms with Crippen molar-refractivity contribution in [2.24, 2.45) is 0 Å². The maximum atomic E-state index is 11.7. The van der Waals surface area contributed by atoms with E-state index in [1.54, 1.807) is 24.3 Å². The second kappa shape index (κ2) is 8.01. The Kier molecular flexibility index (Phi) is 5.53. The van der Waals surface area contributed by atoms with E-state index in [4.69, 9.17) is 20.9 Å². The molecule has 0 aliphatic heterocycles. The topological polar surface area (TPSA) is 77.2 Å². The number of hydrogen-bond donors (Lipinski definition) is 1. The van der Waals surface area contributed by atoms with E-state index in [2.05, 4.69) is 15.5 Å². The molecule has 1 aromatic heterocycles. The molecule has 1 amide bonds. The quantitative estimate of drug-likeness (QED) is 0.709. The van der Waals surface area contributed by atoms with Crippen LogP contribution in [0.4, 0.5) is 0 Å². The fraction of sp³-hybridized carbons (Fsp3) is 0.211. The van der Waals surface area contributed by atoms with Crippen molar-refractivity contribution >= 4 is 17.5 Å². The van der Waals surface area contributed by atoms with Crippen molar-refractivity contribution in [1.29, 1.82) is 0 Å². The first kappa shape index (κ1) is 17.9. The van der Waals surface area contributed by atoms with E-state index in [9.17, 15) is 4.79 Å². The number of aromatic nitrogens is 2. The Morgan fingerprint density at radius 2 is 1.96 bits per heavy atom. The smallest absolute Gasteiger partial charge is 0.258 e. The van der Waals surface area contributed by atoms with Crippen LogP contribution >= 0.6 is 11.6 Å². The fourth-order valence-corrected chi connectivity index (χ4v) is 2.41. The zero-order valence-corrected chi connectivity index (χ0v) is 15.2. The van der Waals surface area contributed by atoms with E-state index in [-0.39, 0.29) is 18.6 Å². The Morgan fingerprint density at radius 1 is 1.19 bits per heavy atom. The van der Waals surface area contributed by atoms with Crippen LogP contribution in [0.25, 0.3) is 22.8 Å². The van der Waals surface area contributed by atoms with Crippen molar-refractivity contribution < 1.29 is 14.1 Å². The van der Waals surface area contributed by atoms with Crippen molar-refractivity contribution in [3.63, 3.8) is 0 Å². The molecule has 7 heteroatoms. The van der Waals surface area contributed by atoms with Crippen LogP contribution in [0, 0.1) is 0 Å². The van der Waals surface area contributed by atoms with Gasteiger partial charge in [0.1, 0.15) is 5.75 Å². The number of amides is 1. The summed E-state index contributed by atoms with van der Waals surface area (Å²) >= 11 is 5.89. The fourth-order valence-electron chi connectivity index (χ4n) is 2.29. The third-order valence-electron chi connectivity index (χ3n) is 3.43. The average molecular weight is 372 g/mol. The lowest BCUT2D eigenvalue weighted by Gasteiger charge is -2.10. The monoisotopic (exact) mass is 371 g/mol. The van der Waals surface area contributed by atoms with Gasteiger partial charge in [0.25, 0.3) is 11.8 Å². The minimum atomic E-state index is -0.171. The van der Waals surface area contributed by atoms with E-state index in [0.717, 1.165) is 11.1 Å². The Morgan fingerprint density at radius 3 is 2.69 bits per heavy atom. The molecule has 0 saturated carbocycles. The van der Waals surface area contributed by atoms with Gasteiger partial charge in [0, 0.05) is 22.2 Å². The summed E-state index contributed by atoms with van der Waals surface area (Å²) in [5.74, 6) is 1.22. The number of halogens is 1. The van der Waals surface area contributed by atoms with Crippen LogP contribution in [0.3, 0.4) is 0 Å². The maximum absolute atomic E-state index is 11.7. The van der Waals surface area contributed by atoms with Crippen molar-refractivity contribution in [1.82, 2.24) is 15.5 Å². The summed E-state index contributed by atoms with van der Waals surface area (Å²) in [6, 6.07) is 14.4. The summed E-state index contributed by atoms with van der Waals surface area (Å²) in [7, 11) is 0. The van der Waals surface area contributed by atoms with Gasteiger partial charge in [-0.25, -0.2) is 0 Å². The first-order valence-electron chi connectivity index (χ1n) is 8.13. The number of nitrogens with zero attached hydrogens (tertiary/aromatic N) is 2. The van der Waals surface area contributed by atoms with Crippen molar-refractivity contribution in [2.75, 3.05) is 6.61 Å². The van der Waals surface area contributed by atoms with Gasteiger partial charge in [0.2, 0.25) is 5.82 Å². The molecule has 0 saturated heterocycles. The minimum absolute atomic E-state index is 0.0517. The highest BCUT2D eigenvalue weighted by atomic mass is 35.5. The SMILES string of the molecule is CC(C)NC(=O)COc1cccc(-c2noc(-c3ccc(Cl)cc3)n2)c1. The molecule has 0 aliphatic carbocycles. The molecule has 0 spiro atoms. The summed E-state index contributed by atoms with van der Waals surface area (Å²) in [6.45, 7) is 3.74. The number of carbonyl (C=O) groups is 1. The Labute approximate surface area is 156 Å². The zero-order chi connectivity index (χ0) is 18.5. The third-order valence-corrected chi connectivity index (χ3v) is 3.68. The lowest BCUT2D eigenvalue weighted by Crippen LogP contribution is -2.34. The number of ether oxygens (including phenoxy) is 1. The molecule has 134 valence electrons. The predicted octanol–water partition coefficient (Wildman–Crippen LogP) is 3.96. The normalized spacial score (nSPS) is 10.8. The third kappa shape index (κ3) is 4.61. The highest BCUT2D eigenvalue weighted by molar-refractivity contribution is 6.30. The number of carbonyl (C=O) groups excluding carboxylic acids is 1. The van der Waals surface area contributed by atoms with E-state index >= 15 is 0 Å². The molecule has 1 N–H and O–H groups in total. The van der Waals surface area contributed by atoms with Crippen molar-refractivity contribution in [3.05, 3.63) is 53.6 Å². The first-order valence-corrected chi connectivity index (χ1v) is 8.51. The second-order valence-corrected chi connectivity index (χ2v) is 6.41. The molecule has 0 atom stereocenters. The molecule has 1 heterocycles. The predicted molar refractivity (Wildman–Crippen MR) is 99.0 cm³/mol. The van der Waals surface area contributed by atoms with E-state index in [0.29, 0.717) is 22.5 Å². The standard InChI is InChI=1S/C19H18ClN3O3/c1-12(2)21-17(24)11-25-16-5-3-4-14(10-16)18-22-19(26-23-18)13-6-8-15(20)9-7-13/h3-10,12H,11H2,1-2H3,(H,21,24). The van der Waals surface area contributed by atoms with Crippen LogP contribution in [0.15, 0.2) is 53.1 Å². The van der Waals surface area contributed by atoms with Crippen LogP contribution in [0.5, 0.6) is 5.75 Å². The molecule has 26 heavy (non-hydrogen) atoms. The molecule has 0 aliphatic rings. The first-order chi connectivity index (χ1) is 12.5. The van der Waals surface area contributed by atoms with Gasteiger partial charge in [0.05, 0.1) is 0 Å². The highest BCUT2D eigenvalue weighted by Crippen LogP contribution is 2.25. The molecule has 0 radical (unpaired) electrons. The molecule has 0 unspecified atom stereocenters. The van der Waals surface area contributed by atoms with Crippen molar-refractivity contribution in [2.45, 2.75) is 19.9 Å². The summed E-state index contributed by atoms with van der Waals surface area (Å²) < 4.78 is 10.8. The summed E-state index contributed by atoms with van der Waals surface area (Å²) in [6.07, 6.45) is 0. The number of hydrogen-bond acceptors (Lipinski definition) is 5. The van der Waals surface area contributed by atoms with Gasteiger partial charge in [-0.3, -0.25) is 4.79 Å². The van der Waals surface area contributed by atoms with Gasteiger partial charge >= 0.3 is 0 Å². The van der Waals surface area contributed by atoms with Crippen LogP contribution in [-0.2, 0) is 4.79 Å². The number of nitrogens with one attached hydrogen (secondary N) is 1. The molecule has 3 aromatic rings. The van der Waals surface area contributed by atoms with E-state index in [1.807, 2.05) is 38.1 Å². The molecule has 0 fully saturated rings. The van der Waals surface area contributed by atoms with Gasteiger partial charge in [-0.05, 0) is 50.2 Å². The molecule has 0 bridgehead atoms. The van der Waals surface area contributed by atoms with Crippen LogP contribution in [0.1, 0.15) is 13.8 Å². The highest BCUT2D eigenvalue weighted by Gasteiger charge is 2.12. The molecule has 3 rings (SSSR count). The van der Waals surface area contributed by atoms with Crippen LogP contribution < -0.4 is 10.1 Å². The lowest BCUT2D eigenvalue weighted by molar-refractivity contribution is -0.123. The summed E-state index contributed by atoms with van der Waals surface area (Å²) in [5.41, 5.74) is 1.52. The lowest BCUT2D eigenvalue weighted by atomic mass is 10.2. The average Bonchev–Trinajstić information content (AvgIpc) is 3.10. The molecule has 2 aromatic carbocycles. The maximum Gasteiger partial charge on any atom is 0.258 e. The number of benzene rings is 2. The van der Waals surface area contributed by atoms with E-state index in [1.165, 1.54) is 0 Å². The van der Waals surface area contributed by atoms with E-state index < -0.39 is 0 Å². The van der Waals surface area contributed by atoms with Crippen LogP contribution in [-0.4, -0.2) is 28.7 Å². The second-order valence-electron chi connectivity index (χ2n) is 5.97. The number of rotatable bonds is 6. The van der Waals surface area contributed by atoms with Gasteiger partial charge in [-0.1, -0.05) is 28.9 Å². The molecular weight excluding hydrogens is 354 g/mol. The van der Waals surface area contributed by atoms with Crippen molar-refractivity contribution in [3.8, 4) is 28.6 Å². The molecular formula is C19H18ClN3O3. The minimum Gasteiger partial charge on any atom is -0.484 e. The Hall–Kier alpha value is -2.86. The van der Waals surface area contributed by atoms with Gasteiger partial charge in [-0.15, -0.1) is 0 Å². The molecule has 6 nitrogen and oxygen atoms in total. The van der Waals surface area contributed by atoms with Gasteiger partial charge < -0.3 is 14.6 Å². The largest absolute Gasteiger partial charge is 0.484 e. The van der Waals surface area contributed by atoms with Gasteiger partial charge in [-0.2, -0.15) is 4.98 Å². The summed E-state index contributed by atoms with van der Waals surface area (Å²) in [4.78, 5) is 16.1. The van der Waals surface area contributed by atoms with Crippen LogP contribution in [0.2, 0.25) is 5.02 Å². The zero-order valence-electron chi connectivity index (χ0n) is 14.4. The van der Waals surface area contributed by atoms with Gasteiger partial charge in [0.15, 0.2) is 6.61 Å².